The zero-order valence-electron chi connectivity index (χ0n) is 15.5. The molecule has 1 saturated heterocycles. The van der Waals surface area contributed by atoms with Gasteiger partial charge in [0.2, 0.25) is 5.92 Å². The highest BCUT2D eigenvalue weighted by molar-refractivity contribution is 5.59. The molecule has 2 fully saturated rings. The first-order valence-corrected chi connectivity index (χ1v) is 9.50. The van der Waals surface area contributed by atoms with Crippen LogP contribution in [0.5, 0.6) is 0 Å². The Morgan fingerprint density at radius 1 is 1.19 bits per heavy atom. The molecule has 0 atom stereocenters. The monoisotopic (exact) mass is 377 g/mol. The number of aryl methyl sites for hydroxylation is 1. The number of anilines is 2. The highest BCUT2D eigenvalue weighted by Crippen LogP contribution is 2.34. The van der Waals surface area contributed by atoms with Gasteiger partial charge in [-0.3, -0.25) is 0 Å². The van der Waals surface area contributed by atoms with Crippen LogP contribution < -0.4 is 10.2 Å². The Morgan fingerprint density at radius 3 is 2.59 bits per heavy atom. The van der Waals surface area contributed by atoms with Crippen LogP contribution >= 0.6 is 0 Å². The van der Waals surface area contributed by atoms with Gasteiger partial charge in [-0.2, -0.15) is 5.10 Å². The Balaban J connectivity index is 1.59. The Kier molecular flexibility index (Phi) is 4.99. The van der Waals surface area contributed by atoms with E-state index in [-0.39, 0.29) is 18.9 Å². The summed E-state index contributed by atoms with van der Waals surface area (Å²) in [6.07, 6.45) is 2.64. The fourth-order valence-corrected chi connectivity index (χ4v) is 3.63. The molecule has 2 aromatic heterocycles. The normalized spacial score (nSPS) is 20.6. The summed E-state index contributed by atoms with van der Waals surface area (Å²) in [6, 6.07) is 5.96. The SMILES string of the molecule is Cc1ccn(-c2cc(N3CCOCC3)cc(NC3CCC(F)(F)CC3)n2)n1. The number of halogens is 2. The molecular weight excluding hydrogens is 352 g/mol. The molecule has 3 heterocycles. The Labute approximate surface area is 157 Å². The third-order valence-electron chi connectivity index (χ3n) is 5.20. The predicted molar refractivity (Wildman–Crippen MR) is 100.0 cm³/mol. The molecule has 8 heteroatoms. The van der Waals surface area contributed by atoms with Gasteiger partial charge in [0, 0.05) is 56.0 Å². The van der Waals surface area contributed by atoms with E-state index < -0.39 is 5.92 Å². The molecule has 0 aromatic carbocycles. The summed E-state index contributed by atoms with van der Waals surface area (Å²) in [4.78, 5) is 6.94. The van der Waals surface area contributed by atoms with Crippen molar-refractivity contribution in [2.24, 2.45) is 0 Å². The molecule has 0 bridgehead atoms. The molecule has 1 aliphatic heterocycles. The van der Waals surface area contributed by atoms with E-state index in [2.05, 4.69) is 20.3 Å². The van der Waals surface area contributed by atoms with Crippen molar-refractivity contribution in [3.05, 3.63) is 30.1 Å². The second-order valence-corrected chi connectivity index (χ2v) is 7.34. The van der Waals surface area contributed by atoms with Gasteiger partial charge in [-0.05, 0) is 25.8 Å². The Bertz CT molecular complexity index is 778. The zero-order chi connectivity index (χ0) is 18.9. The third-order valence-corrected chi connectivity index (χ3v) is 5.20. The average Bonchev–Trinajstić information content (AvgIpc) is 3.10. The minimum Gasteiger partial charge on any atom is -0.378 e. The maximum absolute atomic E-state index is 13.4. The molecule has 1 aliphatic carbocycles. The van der Waals surface area contributed by atoms with Gasteiger partial charge in [0.1, 0.15) is 5.82 Å². The lowest BCUT2D eigenvalue weighted by Crippen LogP contribution is -2.36. The maximum Gasteiger partial charge on any atom is 0.248 e. The second-order valence-electron chi connectivity index (χ2n) is 7.34. The van der Waals surface area contributed by atoms with Crippen LogP contribution in [0.4, 0.5) is 20.3 Å². The van der Waals surface area contributed by atoms with Gasteiger partial charge in [0.15, 0.2) is 5.82 Å². The summed E-state index contributed by atoms with van der Waals surface area (Å²) in [5.74, 6) is -1.10. The van der Waals surface area contributed by atoms with Gasteiger partial charge in [0.25, 0.3) is 0 Å². The Morgan fingerprint density at radius 2 is 1.93 bits per heavy atom. The van der Waals surface area contributed by atoms with Crippen molar-refractivity contribution >= 4 is 11.5 Å². The topological polar surface area (TPSA) is 55.2 Å². The van der Waals surface area contributed by atoms with Crippen LogP contribution in [0.1, 0.15) is 31.4 Å². The maximum atomic E-state index is 13.4. The molecule has 0 spiro atoms. The number of hydrogen-bond donors (Lipinski definition) is 1. The fraction of sp³-hybridized carbons (Fsp3) is 0.579. The van der Waals surface area contributed by atoms with Gasteiger partial charge in [0.05, 0.1) is 18.9 Å². The molecule has 0 unspecified atom stereocenters. The Hall–Kier alpha value is -2.22. The van der Waals surface area contributed by atoms with Crippen molar-refractivity contribution in [3.8, 4) is 5.82 Å². The second kappa shape index (κ2) is 7.42. The van der Waals surface area contributed by atoms with E-state index in [1.165, 1.54) is 0 Å². The van der Waals surface area contributed by atoms with E-state index in [4.69, 9.17) is 4.74 Å². The minimum atomic E-state index is -2.53. The third kappa shape index (κ3) is 4.37. The molecule has 2 aromatic rings. The number of aromatic nitrogens is 3. The lowest BCUT2D eigenvalue weighted by molar-refractivity contribution is -0.0361. The first-order chi connectivity index (χ1) is 13.0. The lowest BCUT2D eigenvalue weighted by Gasteiger charge is -2.31. The first-order valence-electron chi connectivity index (χ1n) is 9.50. The number of alkyl halides is 2. The highest BCUT2D eigenvalue weighted by Gasteiger charge is 2.35. The van der Waals surface area contributed by atoms with E-state index in [1.807, 2.05) is 31.3 Å². The van der Waals surface area contributed by atoms with E-state index in [0.717, 1.165) is 30.3 Å². The molecule has 6 nitrogen and oxygen atoms in total. The summed E-state index contributed by atoms with van der Waals surface area (Å²) in [7, 11) is 0. The van der Waals surface area contributed by atoms with Crippen LogP contribution in [0.3, 0.4) is 0 Å². The van der Waals surface area contributed by atoms with E-state index in [0.29, 0.717) is 31.9 Å². The molecule has 1 saturated carbocycles. The summed E-state index contributed by atoms with van der Waals surface area (Å²) in [5.41, 5.74) is 1.96. The van der Waals surface area contributed by atoms with Crippen molar-refractivity contribution in [1.29, 1.82) is 0 Å². The van der Waals surface area contributed by atoms with Crippen LogP contribution in [0.25, 0.3) is 5.82 Å². The van der Waals surface area contributed by atoms with Crippen LogP contribution in [0.2, 0.25) is 0 Å². The number of rotatable bonds is 4. The minimum absolute atomic E-state index is 0.0178. The molecule has 4 rings (SSSR count). The van der Waals surface area contributed by atoms with Gasteiger partial charge >= 0.3 is 0 Å². The number of nitrogens with one attached hydrogen (secondary N) is 1. The number of nitrogens with zero attached hydrogens (tertiary/aromatic N) is 4. The first kappa shape index (κ1) is 18.2. The molecule has 0 amide bonds. The summed E-state index contributed by atoms with van der Waals surface area (Å²) in [5, 5.41) is 7.83. The number of pyridine rings is 1. The molecule has 27 heavy (non-hydrogen) atoms. The van der Waals surface area contributed by atoms with Gasteiger partial charge < -0.3 is 15.0 Å². The summed E-state index contributed by atoms with van der Waals surface area (Å²) >= 11 is 0. The smallest absolute Gasteiger partial charge is 0.248 e. The molecule has 1 N–H and O–H groups in total. The zero-order valence-corrected chi connectivity index (χ0v) is 15.5. The quantitative estimate of drug-likeness (QED) is 0.885. The van der Waals surface area contributed by atoms with Crippen LogP contribution in [0, 0.1) is 6.92 Å². The number of hydrogen-bond acceptors (Lipinski definition) is 5. The largest absolute Gasteiger partial charge is 0.378 e. The van der Waals surface area contributed by atoms with Crippen molar-refractivity contribution in [1.82, 2.24) is 14.8 Å². The number of morpholine rings is 1. The molecule has 0 radical (unpaired) electrons. The van der Waals surface area contributed by atoms with Crippen LogP contribution in [0.15, 0.2) is 24.4 Å². The standard InChI is InChI=1S/C19H25F2N5O/c1-14-4-7-26(24-14)18-13-16(25-8-10-27-11-9-25)12-17(23-18)22-15-2-5-19(20,21)6-3-15/h4,7,12-13,15H,2-3,5-6,8-11H2,1H3,(H,22,23). The average molecular weight is 377 g/mol. The van der Waals surface area contributed by atoms with E-state index in [9.17, 15) is 8.78 Å². The van der Waals surface area contributed by atoms with Gasteiger partial charge in [-0.15, -0.1) is 0 Å². The van der Waals surface area contributed by atoms with Gasteiger partial charge in [-0.25, -0.2) is 18.4 Å². The van der Waals surface area contributed by atoms with Crippen molar-refractivity contribution in [3.63, 3.8) is 0 Å². The lowest BCUT2D eigenvalue weighted by atomic mass is 9.92. The number of ether oxygens (including phenoxy) is 1. The van der Waals surface area contributed by atoms with Crippen molar-refractivity contribution in [2.45, 2.75) is 44.6 Å². The predicted octanol–water partition coefficient (Wildman–Crippen LogP) is 3.40. The fourth-order valence-electron chi connectivity index (χ4n) is 3.63. The molecule has 2 aliphatic rings. The van der Waals surface area contributed by atoms with Crippen molar-refractivity contribution < 1.29 is 13.5 Å². The van der Waals surface area contributed by atoms with E-state index in [1.54, 1.807) is 4.68 Å². The van der Waals surface area contributed by atoms with Crippen LogP contribution in [-0.2, 0) is 4.74 Å². The van der Waals surface area contributed by atoms with E-state index >= 15 is 0 Å². The molecular formula is C19H25F2N5O. The van der Waals surface area contributed by atoms with Crippen molar-refractivity contribution in [2.75, 3.05) is 36.5 Å². The highest BCUT2D eigenvalue weighted by atomic mass is 19.3. The van der Waals surface area contributed by atoms with Gasteiger partial charge in [-0.1, -0.05) is 0 Å². The molecule has 146 valence electrons. The van der Waals surface area contributed by atoms with Crippen LogP contribution in [-0.4, -0.2) is 53.0 Å². The summed E-state index contributed by atoms with van der Waals surface area (Å²) < 4.78 is 34.1. The summed E-state index contributed by atoms with van der Waals surface area (Å²) in [6.45, 7) is 4.95.